The van der Waals surface area contributed by atoms with E-state index < -0.39 is 0 Å². The lowest BCUT2D eigenvalue weighted by molar-refractivity contribution is -0.0420. The molecule has 1 aliphatic heterocycles. The van der Waals surface area contributed by atoms with Gasteiger partial charge in [-0.25, -0.2) is 4.39 Å². The van der Waals surface area contributed by atoms with Crippen LogP contribution in [0.3, 0.4) is 0 Å². The van der Waals surface area contributed by atoms with Crippen molar-refractivity contribution in [2.75, 3.05) is 30.3 Å². The van der Waals surface area contributed by atoms with Gasteiger partial charge in [0.2, 0.25) is 0 Å². The maximum absolute atomic E-state index is 13.4. The Balaban J connectivity index is 2.27. The van der Waals surface area contributed by atoms with Crippen molar-refractivity contribution in [3.8, 4) is 0 Å². The van der Waals surface area contributed by atoms with Crippen molar-refractivity contribution in [1.29, 1.82) is 0 Å². The van der Waals surface area contributed by atoms with E-state index in [-0.39, 0.29) is 24.6 Å². The van der Waals surface area contributed by atoms with Crippen LogP contribution < -0.4 is 10.6 Å². The molecule has 0 spiro atoms. The molecule has 2 atom stereocenters. The van der Waals surface area contributed by atoms with Crippen LogP contribution in [-0.4, -0.2) is 37.0 Å². The molecule has 2 unspecified atom stereocenters. The van der Waals surface area contributed by atoms with Crippen molar-refractivity contribution in [1.82, 2.24) is 0 Å². The first-order chi connectivity index (χ1) is 8.51. The lowest BCUT2D eigenvalue weighted by Crippen LogP contribution is -2.48. The number of nitrogens with two attached hydrogens (primary N) is 1. The van der Waals surface area contributed by atoms with E-state index in [9.17, 15) is 9.50 Å². The summed E-state index contributed by atoms with van der Waals surface area (Å²) in [4.78, 5) is 2.04. The maximum atomic E-state index is 13.4. The fraction of sp³-hybridized carbons (Fsp3) is 0.538. The molecule has 0 aromatic heterocycles. The number of nitrogen functional groups attached to an aromatic ring is 1. The largest absolute Gasteiger partial charge is 0.397 e. The standard InChI is InChI=1S/C13H19FN2O2/c1-8-3-13(12(15)4-11(8)14)16-5-9(2)18-10(6-16)7-17/h3-4,9-10,17H,5-7,15H2,1-2H3. The van der Waals surface area contributed by atoms with E-state index >= 15 is 0 Å². The van der Waals surface area contributed by atoms with Crippen molar-refractivity contribution < 1.29 is 14.2 Å². The van der Waals surface area contributed by atoms with Crippen LogP contribution in [0.4, 0.5) is 15.8 Å². The molecular formula is C13H19FN2O2. The van der Waals surface area contributed by atoms with Crippen LogP contribution in [0.1, 0.15) is 12.5 Å². The van der Waals surface area contributed by atoms with Gasteiger partial charge in [0.05, 0.1) is 30.2 Å². The number of anilines is 2. The first-order valence-electron chi connectivity index (χ1n) is 6.08. The van der Waals surface area contributed by atoms with E-state index in [4.69, 9.17) is 10.5 Å². The molecule has 1 heterocycles. The number of ether oxygens (including phenoxy) is 1. The Labute approximate surface area is 106 Å². The Bertz CT molecular complexity index is 439. The first-order valence-corrected chi connectivity index (χ1v) is 6.08. The third kappa shape index (κ3) is 2.57. The minimum Gasteiger partial charge on any atom is -0.397 e. The molecule has 0 amide bonds. The molecule has 5 heteroatoms. The Morgan fingerprint density at radius 3 is 2.89 bits per heavy atom. The third-order valence-corrected chi connectivity index (χ3v) is 3.18. The number of nitrogens with zero attached hydrogens (tertiary/aromatic N) is 1. The van der Waals surface area contributed by atoms with Gasteiger partial charge in [-0.1, -0.05) is 0 Å². The second-order valence-electron chi connectivity index (χ2n) is 4.82. The van der Waals surface area contributed by atoms with Crippen molar-refractivity contribution >= 4 is 11.4 Å². The zero-order chi connectivity index (χ0) is 13.3. The van der Waals surface area contributed by atoms with Crippen LogP contribution in [0.15, 0.2) is 12.1 Å². The van der Waals surface area contributed by atoms with Crippen molar-refractivity contribution in [2.45, 2.75) is 26.1 Å². The van der Waals surface area contributed by atoms with Gasteiger partial charge < -0.3 is 20.5 Å². The molecule has 1 aromatic carbocycles. The van der Waals surface area contributed by atoms with Gasteiger partial charge in [0.1, 0.15) is 5.82 Å². The van der Waals surface area contributed by atoms with Crippen molar-refractivity contribution in [3.63, 3.8) is 0 Å². The average molecular weight is 254 g/mol. The summed E-state index contributed by atoms with van der Waals surface area (Å²) in [5.74, 6) is -0.295. The minimum atomic E-state index is -0.295. The molecule has 1 fully saturated rings. The number of hydrogen-bond acceptors (Lipinski definition) is 4. The Kier molecular flexibility index (Phi) is 3.73. The molecule has 1 saturated heterocycles. The molecule has 18 heavy (non-hydrogen) atoms. The van der Waals surface area contributed by atoms with E-state index in [1.54, 1.807) is 13.0 Å². The zero-order valence-electron chi connectivity index (χ0n) is 10.7. The van der Waals surface area contributed by atoms with Crippen molar-refractivity contribution in [2.24, 2.45) is 0 Å². The van der Waals surface area contributed by atoms with Gasteiger partial charge in [0, 0.05) is 13.1 Å². The molecule has 1 aliphatic rings. The third-order valence-electron chi connectivity index (χ3n) is 3.18. The highest BCUT2D eigenvalue weighted by Gasteiger charge is 2.26. The topological polar surface area (TPSA) is 58.7 Å². The van der Waals surface area contributed by atoms with Crippen LogP contribution in [0, 0.1) is 12.7 Å². The molecule has 0 saturated carbocycles. The molecule has 2 rings (SSSR count). The second kappa shape index (κ2) is 5.12. The predicted octanol–water partition coefficient (Wildman–Crippen LogP) is 1.30. The Morgan fingerprint density at radius 1 is 1.50 bits per heavy atom. The molecule has 0 radical (unpaired) electrons. The second-order valence-corrected chi connectivity index (χ2v) is 4.82. The van der Waals surface area contributed by atoms with Crippen LogP contribution in [0.25, 0.3) is 0 Å². The van der Waals surface area contributed by atoms with E-state index in [2.05, 4.69) is 0 Å². The summed E-state index contributed by atoms with van der Waals surface area (Å²) in [6, 6.07) is 3.09. The smallest absolute Gasteiger partial charge is 0.128 e. The van der Waals surface area contributed by atoms with Gasteiger partial charge in [-0.15, -0.1) is 0 Å². The summed E-state index contributed by atoms with van der Waals surface area (Å²) < 4.78 is 19.0. The quantitative estimate of drug-likeness (QED) is 0.781. The lowest BCUT2D eigenvalue weighted by Gasteiger charge is -2.38. The summed E-state index contributed by atoms with van der Waals surface area (Å²) in [6.07, 6.45) is -0.209. The number of halogens is 1. The predicted molar refractivity (Wildman–Crippen MR) is 69.2 cm³/mol. The van der Waals surface area contributed by atoms with Crippen LogP contribution in [-0.2, 0) is 4.74 Å². The highest BCUT2D eigenvalue weighted by atomic mass is 19.1. The molecule has 3 N–H and O–H groups in total. The zero-order valence-corrected chi connectivity index (χ0v) is 10.7. The molecular weight excluding hydrogens is 235 g/mol. The number of hydrogen-bond donors (Lipinski definition) is 2. The summed E-state index contributed by atoms with van der Waals surface area (Å²) in [5, 5.41) is 9.20. The van der Waals surface area contributed by atoms with E-state index in [0.29, 0.717) is 24.3 Å². The van der Waals surface area contributed by atoms with E-state index in [1.807, 2.05) is 11.8 Å². The van der Waals surface area contributed by atoms with E-state index in [0.717, 1.165) is 5.69 Å². The van der Waals surface area contributed by atoms with Crippen LogP contribution in [0.2, 0.25) is 0 Å². The first kappa shape index (κ1) is 13.1. The average Bonchev–Trinajstić information content (AvgIpc) is 2.33. The normalized spacial score (nSPS) is 24.3. The minimum absolute atomic E-state index is 0.0145. The SMILES string of the molecule is Cc1cc(N2CC(C)OC(CO)C2)c(N)cc1F. The Hall–Kier alpha value is -1.33. The number of aliphatic hydroxyl groups excluding tert-OH is 1. The lowest BCUT2D eigenvalue weighted by atomic mass is 10.1. The summed E-state index contributed by atoms with van der Waals surface area (Å²) in [7, 11) is 0. The Morgan fingerprint density at radius 2 is 2.22 bits per heavy atom. The van der Waals surface area contributed by atoms with Gasteiger partial charge in [0.25, 0.3) is 0 Å². The van der Waals surface area contributed by atoms with Gasteiger partial charge in [-0.2, -0.15) is 0 Å². The van der Waals surface area contributed by atoms with Crippen LogP contribution >= 0.6 is 0 Å². The summed E-state index contributed by atoms with van der Waals surface area (Å²) in [5.41, 5.74) is 7.67. The fourth-order valence-electron chi connectivity index (χ4n) is 2.30. The van der Waals surface area contributed by atoms with Gasteiger partial charge in [0.15, 0.2) is 0 Å². The molecule has 4 nitrogen and oxygen atoms in total. The highest BCUT2D eigenvalue weighted by molar-refractivity contribution is 5.69. The van der Waals surface area contributed by atoms with E-state index in [1.165, 1.54) is 6.07 Å². The number of aliphatic hydroxyl groups is 1. The molecule has 100 valence electrons. The van der Waals surface area contributed by atoms with Gasteiger partial charge >= 0.3 is 0 Å². The molecule has 0 aliphatic carbocycles. The molecule has 0 bridgehead atoms. The summed E-state index contributed by atoms with van der Waals surface area (Å²) in [6.45, 7) is 4.88. The number of benzene rings is 1. The number of aryl methyl sites for hydroxylation is 1. The van der Waals surface area contributed by atoms with Crippen molar-refractivity contribution in [3.05, 3.63) is 23.5 Å². The number of rotatable bonds is 2. The summed E-state index contributed by atoms with van der Waals surface area (Å²) >= 11 is 0. The van der Waals surface area contributed by atoms with Gasteiger partial charge in [-0.3, -0.25) is 0 Å². The number of morpholine rings is 1. The van der Waals surface area contributed by atoms with Gasteiger partial charge in [-0.05, 0) is 31.5 Å². The molecule has 1 aromatic rings. The monoisotopic (exact) mass is 254 g/mol. The van der Waals surface area contributed by atoms with Crippen LogP contribution in [0.5, 0.6) is 0 Å². The highest BCUT2D eigenvalue weighted by Crippen LogP contribution is 2.29. The maximum Gasteiger partial charge on any atom is 0.128 e. The fourth-order valence-corrected chi connectivity index (χ4v) is 2.30.